The number of carbonyl (C=O) groups is 1. The van der Waals surface area contributed by atoms with Gasteiger partial charge >= 0.3 is 0 Å². The van der Waals surface area contributed by atoms with Gasteiger partial charge in [0.05, 0.1) is 18.4 Å². The predicted molar refractivity (Wildman–Crippen MR) is 120 cm³/mol. The molecule has 0 aromatic heterocycles. The predicted octanol–water partition coefficient (Wildman–Crippen LogP) is 5.92. The van der Waals surface area contributed by atoms with Crippen molar-refractivity contribution in [3.63, 3.8) is 0 Å². The van der Waals surface area contributed by atoms with Crippen molar-refractivity contribution >= 4 is 23.0 Å². The monoisotopic (exact) mass is 400 g/mol. The van der Waals surface area contributed by atoms with Gasteiger partial charge in [-0.05, 0) is 92.7 Å². The van der Waals surface area contributed by atoms with E-state index in [0.717, 1.165) is 27.0 Å². The summed E-state index contributed by atoms with van der Waals surface area (Å²) >= 11 is 0. The number of hydrogen-bond donors (Lipinski definition) is 0. The zero-order valence-corrected chi connectivity index (χ0v) is 19.1. The molecule has 4 heteroatoms. The van der Waals surface area contributed by atoms with Crippen LogP contribution >= 0.6 is 17.2 Å². The quantitative estimate of drug-likeness (QED) is 0.426. The van der Waals surface area contributed by atoms with Crippen LogP contribution in [-0.2, 0) is 4.79 Å². The van der Waals surface area contributed by atoms with Gasteiger partial charge in [0.25, 0.3) is 0 Å². The molecular formula is C23H30O2P2. The average Bonchev–Trinajstić information content (AvgIpc) is 3.20. The van der Waals surface area contributed by atoms with Crippen LogP contribution in [0.4, 0.5) is 0 Å². The Morgan fingerprint density at radius 3 is 1.85 bits per heavy atom. The van der Waals surface area contributed by atoms with Gasteiger partial charge in [-0.1, -0.05) is 17.7 Å². The molecule has 2 aromatic rings. The van der Waals surface area contributed by atoms with E-state index >= 15 is 0 Å². The SMILES string of the molecule is Cc1cc(C)c(C2C(=O)C2c2c(C)cc(OCCCPP)cc2C)c(C)c1. The Morgan fingerprint density at radius 2 is 1.37 bits per heavy atom. The molecule has 0 N–H and O–H groups in total. The van der Waals surface area contributed by atoms with Crippen molar-refractivity contribution < 1.29 is 9.53 Å². The summed E-state index contributed by atoms with van der Waals surface area (Å²) in [6.07, 6.45) is 2.27. The normalized spacial score (nSPS) is 19.1. The van der Waals surface area contributed by atoms with Gasteiger partial charge in [0.15, 0.2) is 0 Å². The highest BCUT2D eigenvalue weighted by molar-refractivity contribution is 8.02. The first-order valence-electron chi connectivity index (χ1n) is 9.64. The van der Waals surface area contributed by atoms with E-state index in [1.807, 2.05) is 0 Å². The maximum atomic E-state index is 12.8. The van der Waals surface area contributed by atoms with Crippen molar-refractivity contribution in [2.24, 2.45) is 0 Å². The van der Waals surface area contributed by atoms with Crippen LogP contribution in [-0.4, -0.2) is 18.6 Å². The van der Waals surface area contributed by atoms with E-state index in [4.69, 9.17) is 4.74 Å². The lowest BCUT2D eigenvalue weighted by molar-refractivity contribution is -0.110. The molecule has 0 aliphatic heterocycles. The molecule has 1 fully saturated rings. The Bertz CT molecular complexity index is 827. The lowest BCUT2D eigenvalue weighted by Gasteiger charge is -2.14. The number of ketones is 1. The summed E-state index contributed by atoms with van der Waals surface area (Å²) < 4.78 is 5.92. The number of carbonyl (C=O) groups excluding carboxylic acids is 1. The Balaban J connectivity index is 1.84. The summed E-state index contributed by atoms with van der Waals surface area (Å²) in [6.45, 7) is 11.3. The molecule has 27 heavy (non-hydrogen) atoms. The molecule has 0 radical (unpaired) electrons. The van der Waals surface area contributed by atoms with Crippen LogP contribution in [0.5, 0.6) is 5.75 Å². The minimum atomic E-state index is -0.00234. The molecule has 1 aliphatic rings. The van der Waals surface area contributed by atoms with Crippen molar-refractivity contribution in [1.82, 2.24) is 0 Å². The van der Waals surface area contributed by atoms with Crippen LogP contribution in [0.25, 0.3) is 0 Å². The van der Waals surface area contributed by atoms with Gasteiger partial charge < -0.3 is 4.74 Å². The van der Waals surface area contributed by atoms with Gasteiger partial charge in [-0.2, -0.15) is 0 Å². The standard InChI is InChI=1S/C23H30O2P2/c1-13-9-14(2)19(15(3)10-13)21-22(23(21)24)20-16(4)11-18(12-17(20)5)25-7-6-8-27-26/h9-12,21-22,27H,6-8,26H2,1-5H3. The third kappa shape index (κ3) is 4.28. The van der Waals surface area contributed by atoms with Gasteiger partial charge in [0, 0.05) is 0 Å². The van der Waals surface area contributed by atoms with Crippen molar-refractivity contribution in [3.05, 3.63) is 63.2 Å². The fraction of sp³-hybridized carbons (Fsp3) is 0.435. The molecule has 0 heterocycles. The third-order valence-electron chi connectivity index (χ3n) is 5.50. The summed E-state index contributed by atoms with van der Waals surface area (Å²) in [4.78, 5) is 12.8. The average molecular weight is 400 g/mol. The molecule has 0 saturated heterocycles. The molecular weight excluding hydrogens is 370 g/mol. The van der Waals surface area contributed by atoms with Crippen molar-refractivity contribution in [2.75, 3.05) is 12.8 Å². The molecule has 144 valence electrons. The first-order valence-corrected chi connectivity index (χ1v) is 12.7. The Hall–Kier alpha value is -1.23. The van der Waals surface area contributed by atoms with E-state index < -0.39 is 0 Å². The minimum Gasteiger partial charge on any atom is -0.494 e. The van der Waals surface area contributed by atoms with E-state index in [1.165, 1.54) is 45.1 Å². The Kier molecular flexibility index (Phi) is 6.39. The van der Waals surface area contributed by atoms with E-state index in [1.54, 1.807) is 0 Å². The Morgan fingerprint density at radius 1 is 0.889 bits per heavy atom. The van der Waals surface area contributed by atoms with E-state index in [2.05, 4.69) is 67.8 Å². The highest BCUT2D eigenvalue weighted by Gasteiger charge is 2.53. The van der Waals surface area contributed by atoms with Crippen LogP contribution in [0, 0.1) is 34.6 Å². The molecule has 3 rings (SSSR count). The minimum absolute atomic E-state index is 0.00234. The number of aryl methyl sites for hydroxylation is 5. The zero-order chi connectivity index (χ0) is 19.7. The van der Waals surface area contributed by atoms with Crippen LogP contribution in [0.1, 0.15) is 57.2 Å². The molecule has 2 aromatic carbocycles. The second-order valence-corrected chi connectivity index (χ2v) is 9.93. The zero-order valence-electron chi connectivity index (χ0n) is 17.0. The maximum Gasteiger partial charge on any atom is 0.149 e. The molecule has 0 amide bonds. The summed E-state index contributed by atoms with van der Waals surface area (Å²) in [6, 6.07) is 8.58. The topological polar surface area (TPSA) is 26.3 Å². The van der Waals surface area contributed by atoms with E-state index in [0.29, 0.717) is 5.78 Å². The Labute approximate surface area is 167 Å². The van der Waals surface area contributed by atoms with Gasteiger partial charge in [0.2, 0.25) is 0 Å². The first-order chi connectivity index (χ1) is 12.8. The smallest absolute Gasteiger partial charge is 0.149 e. The van der Waals surface area contributed by atoms with Crippen LogP contribution in [0.3, 0.4) is 0 Å². The molecule has 4 unspecified atom stereocenters. The largest absolute Gasteiger partial charge is 0.494 e. The second-order valence-electron chi connectivity index (χ2n) is 7.80. The lowest BCUT2D eigenvalue weighted by Crippen LogP contribution is -2.01. The number of hydrogen-bond acceptors (Lipinski definition) is 2. The van der Waals surface area contributed by atoms with Crippen molar-refractivity contribution in [2.45, 2.75) is 52.9 Å². The molecule has 1 saturated carbocycles. The number of benzene rings is 2. The second kappa shape index (κ2) is 8.42. The molecule has 0 bridgehead atoms. The summed E-state index contributed by atoms with van der Waals surface area (Å²) in [5.41, 5.74) is 8.49. The third-order valence-corrected chi connectivity index (χ3v) is 7.01. The van der Waals surface area contributed by atoms with E-state index in [9.17, 15) is 4.79 Å². The summed E-state index contributed by atoms with van der Waals surface area (Å²) in [7, 11) is 3.68. The fourth-order valence-electron chi connectivity index (χ4n) is 4.41. The van der Waals surface area contributed by atoms with Crippen LogP contribution < -0.4 is 4.74 Å². The van der Waals surface area contributed by atoms with Gasteiger partial charge in [-0.3, -0.25) is 4.79 Å². The van der Waals surface area contributed by atoms with Crippen molar-refractivity contribution in [1.29, 1.82) is 0 Å². The number of rotatable bonds is 7. The van der Waals surface area contributed by atoms with E-state index in [-0.39, 0.29) is 11.8 Å². The number of ether oxygens (including phenoxy) is 1. The van der Waals surface area contributed by atoms with Crippen LogP contribution in [0.2, 0.25) is 0 Å². The highest BCUT2D eigenvalue weighted by atomic mass is 32.0. The fourth-order valence-corrected chi connectivity index (χ4v) is 5.37. The summed E-state index contributed by atoms with van der Waals surface area (Å²) in [5, 5.41) is 0. The van der Waals surface area contributed by atoms with Gasteiger partial charge in [-0.25, -0.2) is 0 Å². The van der Waals surface area contributed by atoms with Crippen molar-refractivity contribution in [3.8, 4) is 5.75 Å². The molecule has 1 aliphatic carbocycles. The number of Topliss-reactive ketones (excluding diaryl/α,β-unsaturated/α-hetero) is 1. The van der Waals surface area contributed by atoms with Crippen LogP contribution in [0.15, 0.2) is 24.3 Å². The lowest BCUT2D eigenvalue weighted by atomic mass is 9.91. The van der Waals surface area contributed by atoms with Gasteiger partial charge in [0.1, 0.15) is 11.5 Å². The van der Waals surface area contributed by atoms with Gasteiger partial charge in [-0.15, -0.1) is 17.2 Å². The highest BCUT2D eigenvalue weighted by Crippen LogP contribution is 2.54. The molecule has 0 spiro atoms. The first kappa shape index (κ1) is 20.5. The molecule has 4 atom stereocenters. The maximum absolute atomic E-state index is 12.8. The molecule has 2 nitrogen and oxygen atoms in total. The summed E-state index contributed by atoms with van der Waals surface area (Å²) in [5.74, 6) is 1.29.